The largest absolute Gasteiger partial charge is 0.448 e. The van der Waals surface area contributed by atoms with Crippen LogP contribution in [0.25, 0.3) is 10.2 Å². The van der Waals surface area contributed by atoms with Crippen molar-refractivity contribution in [3.8, 4) is 0 Å². The highest BCUT2D eigenvalue weighted by molar-refractivity contribution is 7.18. The third-order valence-electron chi connectivity index (χ3n) is 2.90. The molecule has 1 amide bonds. The van der Waals surface area contributed by atoms with E-state index in [0.29, 0.717) is 24.3 Å². The van der Waals surface area contributed by atoms with Crippen molar-refractivity contribution in [1.29, 1.82) is 0 Å². The number of carbonyl (C=O) groups is 1. The Kier molecular flexibility index (Phi) is 4.35. The zero-order valence-corrected chi connectivity index (χ0v) is 12.1. The van der Waals surface area contributed by atoms with Crippen molar-refractivity contribution in [1.82, 2.24) is 15.3 Å². The molecule has 4 N–H and O–H groups in total. The predicted octanol–water partition coefficient (Wildman–Crippen LogP) is 0.786. The van der Waals surface area contributed by atoms with Gasteiger partial charge in [-0.25, -0.2) is 9.78 Å². The van der Waals surface area contributed by atoms with Gasteiger partial charge in [0, 0.05) is 11.4 Å². The zero-order valence-electron chi connectivity index (χ0n) is 11.3. The van der Waals surface area contributed by atoms with Crippen LogP contribution in [-0.2, 0) is 11.3 Å². The summed E-state index contributed by atoms with van der Waals surface area (Å²) >= 11 is 1.51. The molecular weight excluding hydrogens is 280 g/mol. The summed E-state index contributed by atoms with van der Waals surface area (Å²) in [4.78, 5) is 31.4. The summed E-state index contributed by atoms with van der Waals surface area (Å²) in [5.41, 5.74) is 5.69. The molecule has 0 aliphatic rings. The lowest BCUT2D eigenvalue weighted by Crippen LogP contribution is -2.25. The Labute approximate surface area is 119 Å². The highest BCUT2D eigenvalue weighted by Crippen LogP contribution is 2.25. The Balaban J connectivity index is 2.05. The van der Waals surface area contributed by atoms with Gasteiger partial charge >= 0.3 is 6.09 Å². The van der Waals surface area contributed by atoms with Gasteiger partial charge in [-0.3, -0.25) is 4.79 Å². The van der Waals surface area contributed by atoms with Gasteiger partial charge in [0.2, 0.25) is 0 Å². The number of rotatable bonds is 5. The smallest absolute Gasteiger partial charge is 0.404 e. The first-order chi connectivity index (χ1) is 9.49. The third kappa shape index (κ3) is 3.14. The second kappa shape index (κ2) is 6.02. The lowest BCUT2D eigenvalue weighted by atomic mass is 10.2. The summed E-state index contributed by atoms with van der Waals surface area (Å²) in [5, 5.41) is 3.67. The van der Waals surface area contributed by atoms with Crippen molar-refractivity contribution in [3.63, 3.8) is 0 Å². The van der Waals surface area contributed by atoms with Gasteiger partial charge in [0.1, 0.15) is 17.3 Å². The summed E-state index contributed by atoms with van der Waals surface area (Å²) in [6.45, 7) is 4.90. The first-order valence-corrected chi connectivity index (χ1v) is 6.92. The summed E-state index contributed by atoms with van der Waals surface area (Å²) in [5.74, 6) is 0.558. The van der Waals surface area contributed by atoms with Crippen molar-refractivity contribution in [2.45, 2.75) is 20.4 Å². The van der Waals surface area contributed by atoms with Crippen LogP contribution in [0.2, 0.25) is 0 Å². The molecule has 0 spiro atoms. The number of primary amides is 1. The molecule has 7 nitrogen and oxygen atoms in total. The topological polar surface area (TPSA) is 110 Å². The molecular formula is C12H16N4O3S. The zero-order chi connectivity index (χ0) is 14.7. The van der Waals surface area contributed by atoms with E-state index in [0.717, 1.165) is 15.3 Å². The molecule has 2 aromatic rings. The molecule has 0 saturated heterocycles. The van der Waals surface area contributed by atoms with Crippen molar-refractivity contribution in [2.75, 3.05) is 13.2 Å². The molecule has 0 atom stereocenters. The molecule has 2 heterocycles. The minimum absolute atomic E-state index is 0.123. The van der Waals surface area contributed by atoms with Crippen LogP contribution in [0.1, 0.15) is 16.3 Å². The number of nitrogens with zero attached hydrogens (tertiary/aromatic N) is 1. The number of H-pyrrole nitrogens is 1. The van der Waals surface area contributed by atoms with Crippen LogP contribution in [0.5, 0.6) is 0 Å². The van der Waals surface area contributed by atoms with Gasteiger partial charge in [-0.2, -0.15) is 0 Å². The minimum Gasteiger partial charge on any atom is -0.448 e. The molecule has 2 rings (SSSR count). The standard InChI is InChI=1S/C12H16N4O3S/c1-6-7(2)20-11-9(6)10(17)15-8(16-11)5-14-3-4-19-12(13)18/h14H,3-5H2,1-2H3,(H2,13,18)(H,15,16,17). The maximum absolute atomic E-state index is 12.0. The Morgan fingerprint density at radius 3 is 2.95 bits per heavy atom. The molecule has 0 aliphatic carbocycles. The van der Waals surface area contributed by atoms with Crippen LogP contribution in [-0.4, -0.2) is 29.2 Å². The Hall–Kier alpha value is -1.93. The second-order valence-corrected chi connectivity index (χ2v) is 5.52. The first-order valence-electron chi connectivity index (χ1n) is 6.11. The van der Waals surface area contributed by atoms with Gasteiger partial charge in [-0.05, 0) is 19.4 Å². The number of aryl methyl sites for hydroxylation is 2. The van der Waals surface area contributed by atoms with Crippen molar-refractivity contribution in [3.05, 3.63) is 26.6 Å². The van der Waals surface area contributed by atoms with Gasteiger partial charge in [-0.15, -0.1) is 11.3 Å². The van der Waals surface area contributed by atoms with E-state index >= 15 is 0 Å². The molecule has 0 fully saturated rings. The maximum Gasteiger partial charge on any atom is 0.404 e. The second-order valence-electron chi connectivity index (χ2n) is 4.32. The van der Waals surface area contributed by atoms with Gasteiger partial charge < -0.3 is 20.8 Å². The molecule has 0 unspecified atom stereocenters. The molecule has 0 saturated carbocycles. The van der Waals surface area contributed by atoms with E-state index in [1.54, 1.807) is 0 Å². The van der Waals surface area contributed by atoms with Crippen molar-refractivity contribution < 1.29 is 9.53 Å². The fourth-order valence-corrected chi connectivity index (χ4v) is 2.86. The van der Waals surface area contributed by atoms with E-state index < -0.39 is 6.09 Å². The average molecular weight is 296 g/mol. The average Bonchev–Trinajstić information content (AvgIpc) is 2.64. The van der Waals surface area contributed by atoms with Gasteiger partial charge in [0.05, 0.1) is 11.9 Å². The quantitative estimate of drug-likeness (QED) is 0.706. The number of thiophene rings is 1. The Bertz CT molecular complexity index is 692. The van der Waals surface area contributed by atoms with Crippen molar-refractivity contribution >= 4 is 27.6 Å². The number of carbonyl (C=O) groups excluding carboxylic acids is 1. The van der Waals surface area contributed by atoms with E-state index in [1.807, 2.05) is 13.8 Å². The summed E-state index contributed by atoms with van der Waals surface area (Å²) in [6.07, 6.45) is -0.802. The molecule has 0 radical (unpaired) electrons. The van der Waals surface area contributed by atoms with Crippen LogP contribution >= 0.6 is 11.3 Å². The van der Waals surface area contributed by atoms with E-state index in [-0.39, 0.29) is 12.2 Å². The minimum atomic E-state index is -0.802. The van der Waals surface area contributed by atoms with E-state index in [2.05, 4.69) is 20.0 Å². The highest BCUT2D eigenvalue weighted by Gasteiger charge is 2.11. The fourth-order valence-electron chi connectivity index (χ4n) is 1.81. The fraction of sp³-hybridized carbons (Fsp3) is 0.417. The van der Waals surface area contributed by atoms with Crippen LogP contribution in [0, 0.1) is 13.8 Å². The molecule has 20 heavy (non-hydrogen) atoms. The normalized spacial score (nSPS) is 10.9. The monoisotopic (exact) mass is 296 g/mol. The number of hydrogen-bond donors (Lipinski definition) is 3. The van der Waals surface area contributed by atoms with Gasteiger partial charge in [-0.1, -0.05) is 0 Å². The number of nitrogens with two attached hydrogens (primary N) is 1. The SMILES string of the molecule is Cc1sc2nc(CNCCOC(N)=O)[nH]c(=O)c2c1C. The van der Waals surface area contributed by atoms with Gasteiger partial charge in [0.15, 0.2) is 0 Å². The number of ether oxygens (including phenoxy) is 1. The molecule has 108 valence electrons. The summed E-state index contributed by atoms with van der Waals surface area (Å²) in [7, 11) is 0. The summed E-state index contributed by atoms with van der Waals surface area (Å²) < 4.78 is 4.58. The number of fused-ring (bicyclic) bond motifs is 1. The number of nitrogens with one attached hydrogen (secondary N) is 2. The lowest BCUT2D eigenvalue weighted by molar-refractivity contribution is 0.157. The number of amides is 1. The molecule has 8 heteroatoms. The lowest BCUT2D eigenvalue weighted by Gasteiger charge is -2.04. The van der Waals surface area contributed by atoms with Crippen LogP contribution in [0.3, 0.4) is 0 Å². The van der Waals surface area contributed by atoms with Crippen LogP contribution in [0.4, 0.5) is 4.79 Å². The Morgan fingerprint density at radius 2 is 2.25 bits per heavy atom. The molecule has 0 bridgehead atoms. The van der Waals surface area contributed by atoms with E-state index in [4.69, 9.17) is 5.73 Å². The summed E-state index contributed by atoms with van der Waals surface area (Å²) in [6, 6.07) is 0. The number of aromatic nitrogens is 2. The molecule has 2 aromatic heterocycles. The third-order valence-corrected chi connectivity index (χ3v) is 4.00. The predicted molar refractivity (Wildman–Crippen MR) is 77.0 cm³/mol. The maximum atomic E-state index is 12.0. The number of hydrogen-bond acceptors (Lipinski definition) is 6. The van der Waals surface area contributed by atoms with Crippen LogP contribution < -0.4 is 16.6 Å². The molecule has 0 aliphatic heterocycles. The van der Waals surface area contributed by atoms with Crippen molar-refractivity contribution in [2.24, 2.45) is 5.73 Å². The van der Waals surface area contributed by atoms with E-state index in [9.17, 15) is 9.59 Å². The van der Waals surface area contributed by atoms with Crippen LogP contribution in [0.15, 0.2) is 4.79 Å². The van der Waals surface area contributed by atoms with Gasteiger partial charge in [0.25, 0.3) is 5.56 Å². The number of aromatic amines is 1. The highest BCUT2D eigenvalue weighted by atomic mass is 32.1. The van der Waals surface area contributed by atoms with E-state index in [1.165, 1.54) is 11.3 Å². The first kappa shape index (κ1) is 14.5. The molecule has 0 aromatic carbocycles. The Morgan fingerprint density at radius 1 is 1.50 bits per heavy atom.